The molecule has 0 bridgehead atoms. The highest BCUT2D eigenvalue weighted by atomic mass is 16.7. The van der Waals surface area contributed by atoms with E-state index in [0.29, 0.717) is 12.8 Å². The fourth-order valence-corrected chi connectivity index (χ4v) is 12.4. The number of carbonyl (C=O) groups is 1. The van der Waals surface area contributed by atoms with E-state index in [4.69, 9.17) is 18.9 Å². The van der Waals surface area contributed by atoms with Crippen molar-refractivity contribution in [3.05, 3.63) is 122 Å². The van der Waals surface area contributed by atoms with Crippen molar-refractivity contribution in [2.24, 2.45) is 0 Å². The molecule has 2 fully saturated rings. The highest BCUT2D eigenvalue weighted by Crippen LogP contribution is 2.30. The average molecular weight is 1380 g/mol. The summed E-state index contributed by atoms with van der Waals surface area (Å²) >= 11 is 0. The molecular formula is C84H145NO13. The van der Waals surface area contributed by atoms with Crippen molar-refractivity contribution in [3.63, 3.8) is 0 Å². The summed E-state index contributed by atoms with van der Waals surface area (Å²) in [6.07, 6.45) is 81.3. The molecule has 564 valence electrons. The highest BCUT2D eigenvalue weighted by Gasteiger charge is 2.51. The molecule has 2 aliphatic heterocycles. The van der Waals surface area contributed by atoms with Crippen LogP contribution in [0.25, 0.3) is 0 Å². The fraction of sp³-hybridized carbons (Fsp3) is 0.750. The monoisotopic (exact) mass is 1380 g/mol. The number of ether oxygens (including phenoxy) is 4. The summed E-state index contributed by atoms with van der Waals surface area (Å²) in [7, 11) is 0. The predicted molar refractivity (Wildman–Crippen MR) is 405 cm³/mol. The van der Waals surface area contributed by atoms with E-state index in [1.807, 2.05) is 6.08 Å². The zero-order valence-corrected chi connectivity index (χ0v) is 61.7. The van der Waals surface area contributed by atoms with Crippen LogP contribution in [0.3, 0.4) is 0 Å². The van der Waals surface area contributed by atoms with E-state index >= 15 is 0 Å². The van der Waals surface area contributed by atoms with Gasteiger partial charge >= 0.3 is 0 Å². The van der Waals surface area contributed by atoms with E-state index in [0.717, 1.165) is 103 Å². The third kappa shape index (κ3) is 49.1. The van der Waals surface area contributed by atoms with E-state index in [1.54, 1.807) is 6.08 Å². The highest BCUT2D eigenvalue weighted by molar-refractivity contribution is 5.76. The molecule has 2 aliphatic rings. The average Bonchev–Trinajstić information content (AvgIpc) is 0.793. The van der Waals surface area contributed by atoms with E-state index in [9.17, 15) is 45.6 Å². The summed E-state index contributed by atoms with van der Waals surface area (Å²) in [6.45, 7) is 2.68. The van der Waals surface area contributed by atoms with Crippen molar-refractivity contribution in [1.82, 2.24) is 5.32 Å². The molecule has 14 nitrogen and oxygen atoms in total. The van der Waals surface area contributed by atoms with E-state index in [-0.39, 0.29) is 18.9 Å². The summed E-state index contributed by atoms with van der Waals surface area (Å²) in [5.74, 6) is -0.266. The van der Waals surface area contributed by atoms with Crippen LogP contribution in [0.15, 0.2) is 122 Å². The van der Waals surface area contributed by atoms with Crippen LogP contribution in [0.4, 0.5) is 0 Å². The topological polar surface area (TPSA) is 228 Å². The maximum atomic E-state index is 13.4. The van der Waals surface area contributed by atoms with Crippen molar-refractivity contribution in [2.45, 2.75) is 383 Å². The third-order valence-electron chi connectivity index (χ3n) is 18.6. The maximum absolute atomic E-state index is 13.4. The molecule has 2 rings (SSSR count). The molecule has 1 amide bonds. The maximum Gasteiger partial charge on any atom is 0.220 e. The van der Waals surface area contributed by atoms with Gasteiger partial charge in [-0.2, -0.15) is 0 Å². The smallest absolute Gasteiger partial charge is 0.220 e. The Bertz CT molecular complexity index is 2110. The SMILES string of the molecule is CC/C=C\C/C=C\C/C=C\C/C=C\C/C=C\C/C=C\C/C=C\C/C=C\CCCCCCCCC(=O)NC(COC1OC(CO)C(OC2OC(CO)C(O)C(O)C2O)C(O)C1O)C(O)/C=C/CC/C=C/CCCCCCCCCCCCCCCCCCCCCCCCCCCCC. The Morgan fingerprint density at radius 2 is 0.714 bits per heavy atom. The van der Waals surface area contributed by atoms with Gasteiger partial charge in [0.25, 0.3) is 0 Å². The van der Waals surface area contributed by atoms with Gasteiger partial charge in [-0.05, 0) is 96.3 Å². The van der Waals surface area contributed by atoms with Crippen molar-refractivity contribution >= 4 is 5.91 Å². The van der Waals surface area contributed by atoms with Crippen molar-refractivity contribution in [3.8, 4) is 0 Å². The number of rotatable bonds is 65. The molecule has 14 heteroatoms. The first-order chi connectivity index (χ1) is 48.1. The summed E-state index contributed by atoms with van der Waals surface area (Å²) in [6, 6.07) is -0.952. The van der Waals surface area contributed by atoms with E-state index < -0.39 is 86.8 Å². The van der Waals surface area contributed by atoms with Crippen LogP contribution in [0, 0.1) is 0 Å². The van der Waals surface area contributed by atoms with Gasteiger partial charge in [0.1, 0.15) is 48.8 Å². The van der Waals surface area contributed by atoms with Crippen LogP contribution >= 0.6 is 0 Å². The Balaban J connectivity index is 1.66. The van der Waals surface area contributed by atoms with Gasteiger partial charge in [0.2, 0.25) is 5.91 Å². The lowest BCUT2D eigenvalue weighted by Crippen LogP contribution is -2.65. The van der Waals surface area contributed by atoms with E-state index in [1.165, 1.54) is 173 Å². The molecule has 12 atom stereocenters. The molecule has 0 aromatic heterocycles. The predicted octanol–water partition coefficient (Wildman–Crippen LogP) is 18.0. The largest absolute Gasteiger partial charge is 0.394 e. The van der Waals surface area contributed by atoms with Gasteiger partial charge in [0.05, 0.1) is 32.0 Å². The van der Waals surface area contributed by atoms with Crippen LogP contribution in [-0.4, -0.2) is 140 Å². The molecule has 2 saturated heterocycles. The molecule has 2 heterocycles. The lowest BCUT2D eigenvalue weighted by atomic mass is 9.97. The van der Waals surface area contributed by atoms with Gasteiger partial charge in [0, 0.05) is 6.42 Å². The number of nitrogens with one attached hydrogen (secondary N) is 1. The Morgan fingerprint density at radius 1 is 0.378 bits per heavy atom. The van der Waals surface area contributed by atoms with Crippen molar-refractivity contribution in [1.29, 1.82) is 0 Å². The van der Waals surface area contributed by atoms with Gasteiger partial charge in [-0.1, -0.05) is 328 Å². The second-order valence-electron chi connectivity index (χ2n) is 27.4. The van der Waals surface area contributed by atoms with Gasteiger partial charge in [-0.15, -0.1) is 0 Å². The second-order valence-corrected chi connectivity index (χ2v) is 27.4. The fourth-order valence-electron chi connectivity index (χ4n) is 12.4. The number of aliphatic hydroxyl groups excluding tert-OH is 8. The lowest BCUT2D eigenvalue weighted by molar-refractivity contribution is -0.359. The molecule has 98 heavy (non-hydrogen) atoms. The Hall–Kier alpha value is -3.61. The van der Waals surface area contributed by atoms with Gasteiger partial charge < -0.3 is 65.1 Å². The Labute approximate surface area is 597 Å². The number of unbranched alkanes of at least 4 members (excludes halogenated alkanes) is 34. The van der Waals surface area contributed by atoms with Crippen molar-refractivity contribution < 1.29 is 64.6 Å². The van der Waals surface area contributed by atoms with Gasteiger partial charge in [-0.3, -0.25) is 4.79 Å². The van der Waals surface area contributed by atoms with Crippen LogP contribution in [0.1, 0.15) is 309 Å². The Morgan fingerprint density at radius 3 is 1.12 bits per heavy atom. The summed E-state index contributed by atoms with van der Waals surface area (Å²) in [5, 5.41) is 87.6. The number of amides is 1. The molecule has 9 N–H and O–H groups in total. The summed E-state index contributed by atoms with van der Waals surface area (Å²) in [4.78, 5) is 13.4. The molecule has 0 saturated carbocycles. The first-order valence-electron chi connectivity index (χ1n) is 39.8. The second kappa shape index (κ2) is 66.6. The van der Waals surface area contributed by atoms with E-state index in [2.05, 4.69) is 129 Å². The Kier molecular flexibility index (Phi) is 61.5. The zero-order chi connectivity index (χ0) is 70.8. The molecule has 0 aromatic carbocycles. The first kappa shape index (κ1) is 90.5. The van der Waals surface area contributed by atoms with Crippen LogP contribution < -0.4 is 5.32 Å². The van der Waals surface area contributed by atoms with Gasteiger partial charge in [-0.25, -0.2) is 0 Å². The van der Waals surface area contributed by atoms with Crippen LogP contribution in [0.5, 0.6) is 0 Å². The number of allylic oxidation sites excluding steroid dienone is 19. The number of hydrogen-bond acceptors (Lipinski definition) is 13. The summed E-state index contributed by atoms with van der Waals surface area (Å²) < 4.78 is 22.9. The molecule has 0 aliphatic carbocycles. The molecule has 0 aromatic rings. The molecular weight excluding hydrogens is 1230 g/mol. The normalized spacial score (nSPS) is 22.7. The number of hydrogen-bond donors (Lipinski definition) is 9. The lowest BCUT2D eigenvalue weighted by Gasteiger charge is -2.46. The quantitative estimate of drug-likeness (QED) is 0.0204. The summed E-state index contributed by atoms with van der Waals surface area (Å²) in [5.41, 5.74) is 0. The first-order valence-corrected chi connectivity index (χ1v) is 39.8. The third-order valence-corrected chi connectivity index (χ3v) is 18.6. The minimum atomic E-state index is -1.80. The van der Waals surface area contributed by atoms with Crippen LogP contribution in [-0.2, 0) is 23.7 Å². The van der Waals surface area contributed by atoms with Crippen molar-refractivity contribution in [2.75, 3.05) is 19.8 Å². The number of aliphatic hydroxyl groups is 8. The minimum absolute atomic E-state index is 0.249. The minimum Gasteiger partial charge on any atom is -0.394 e. The van der Waals surface area contributed by atoms with Crippen LogP contribution in [0.2, 0.25) is 0 Å². The standard InChI is InChI=1S/C84H145NO13/c1-3-5-7-9-11-13-15-17-19-21-23-25-27-29-31-33-35-36-38-39-41-43-45-47-49-51-53-55-57-59-61-63-65-67-73(88)72(71-95-83-81(94)79(92)82(75(70-87)97-83)98-84-80(93)78(91)77(90)74(69-86)96-84)85-76(89)68-66-64-62-60-58-56-54-52-50-48-46-44-42-40-37-34-32-30-28-26-24-22-20-18-16-14-12-10-8-6-4-2/h6,8,12,14,18,20,24,26,30,32,37,40,44,46,50,52,57,59,65,67,72-75,77-84,86-88,90-94H,3-5,7,9-11,13,15-17,19,21-23,25,27-29,31,33-36,38-39,41-43,45,47-49,51,53-56,58,60-64,66,68-71H2,1-2H3,(H,85,89)/b8-6-,14-12-,20-18-,26-24-,32-30-,40-37-,46-44-,52-50-,59-57+,67-65+. The molecule has 0 radical (unpaired) electrons. The molecule has 0 spiro atoms. The zero-order valence-electron chi connectivity index (χ0n) is 61.7. The molecule has 12 unspecified atom stereocenters. The van der Waals surface area contributed by atoms with Gasteiger partial charge in [0.15, 0.2) is 12.6 Å². The number of carbonyl (C=O) groups excluding carboxylic acids is 1.